The third-order valence-electron chi connectivity index (χ3n) is 4.67. The summed E-state index contributed by atoms with van der Waals surface area (Å²) < 4.78 is 14.5. The fourth-order valence-corrected chi connectivity index (χ4v) is 3.71. The molecular weight excluding hydrogens is 405 g/mol. The first-order valence-electron chi connectivity index (χ1n) is 9.35. The van der Waals surface area contributed by atoms with E-state index in [0.29, 0.717) is 22.9 Å². The summed E-state index contributed by atoms with van der Waals surface area (Å²) in [5, 5.41) is 12.0. The summed E-state index contributed by atoms with van der Waals surface area (Å²) in [6.07, 6.45) is 0. The maximum absolute atomic E-state index is 14.5. The fraction of sp³-hybridized carbons (Fsp3) is 0.227. The van der Waals surface area contributed by atoms with E-state index in [4.69, 9.17) is 5.11 Å². The molecule has 0 radical (unpaired) electrons. The number of carbonyl (C=O) groups is 2. The van der Waals surface area contributed by atoms with Crippen LogP contribution in [0, 0.1) is 19.7 Å². The molecule has 3 rings (SSSR count). The lowest BCUT2D eigenvalue weighted by Gasteiger charge is -2.23. The third-order valence-corrected chi connectivity index (χ3v) is 5.76. The standard InChI is InChI=1S/C22H22FN3O3S/c1-13-15(3)30-22(25-13)26(19-7-5-4-6-18(19)23)12-16-8-10-17(11-9-16)20(27)24-14(2)21(28)29/h4-11,14H,12H2,1-3H3,(H,24,27)(H,28,29). The number of hydrogen-bond acceptors (Lipinski definition) is 5. The van der Waals surface area contributed by atoms with Crippen LogP contribution in [0.25, 0.3) is 0 Å². The number of carboxylic acids is 1. The highest BCUT2D eigenvalue weighted by atomic mass is 32.1. The Labute approximate surface area is 178 Å². The van der Waals surface area contributed by atoms with Gasteiger partial charge in [-0.3, -0.25) is 9.59 Å². The Morgan fingerprint density at radius 2 is 1.83 bits per heavy atom. The first-order chi connectivity index (χ1) is 14.3. The second-order valence-corrected chi connectivity index (χ2v) is 8.09. The largest absolute Gasteiger partial charge is 0.480 e. The number of carbonyl (C=O) groups excluding carboxylic acids is 1. The van der Waals surface area contributed by atoms with E-state index in [2.05, 4.69) is 10.3 Å². The van der Waals surface area contributed by atoms with Gasteiger partial charge in [0.05, 0.1) is 17.9 Å². The molecule has 0 aliphatic rings. The molecule has 1 amide bonds. The monoisotopic (exact) mass is 427 g/mol. The van der Waals surface area contributed by atoms with Crippen molar-refractivity contribution in [3.63, 3.8) is 0 Å². The van der Waals surface area contributed by atoms with E-state index in [9.17, 15) is 14.0 Å². The van der Waals surface area contributed by atoms with Gasteiger partial charge >= 0.3 is 5.97 Å². The lowest BCUT2D eigenvalue weighted by molar-refractivity contribution is -0.138. The van der Waals surface area contributed by atoms with E-state index in [-0.39, 0.29) is 5.82 Å². The number of rotatable bonds is 7. The van der Waals surface area contributed by atoms with Gasteiger partial charge in [0.1, 0.15) is 11.9 Å². The average molecular weight is 428 g/mol. The zero-order valence-corrected chi connectivity index (χ0v) is 17.7. The van der Waals surface area contributed by atoms with Gasteiger partial charge in [-0.05, 0) is 50.6 Å². The van der Waals surface area contributed by atoms with Gasteiger partial charge in [-0.15, -0.1) is 11.3 Å². The zero-order valence-electron chi connectivity index (χ0n) is 16.8. The summed E-state index contributed by atoms with van der Waals surface area (Å²) in [7, 11) is 0. The van der Waals surface area contributed by atoms with E-state index >= 15 is 0 Å². The maximum Gasteiger partial charge on any atom is 0.325 e. The number of hydrogen-bond donors (Lipinski definition) is 2. The summed E-state index contributed by atoms with van der Waals surface area (Å²) in [5.74, 6) is -1.91. The number of thiazole rings is 1. The molecular formula is C22H22FN3O3S. The van der Waals surface area contributed by atoms with E-state index in [1.165, 1.54) is 24.3 Å². The Morgan fingerprint density at radius 3 is 2.40 bits per heavy atom. The second kappa shape index (κ2) is 9.04. The predicted octanol–water partition coefficient (Wildman–Crippen LogP) is 4.44. The molecule has 1 unspecified atom stereocenters. The number of nitrogens with one attached hydrogen (secondary N) is 1. The van der Waals surface area contributed by atoms with Gasteiger partial charge in [0, 0.05) is 10.4 Å². The molecule has 0 saturated heterocycles. The zero-order chi connectivity index (χ0) is 21.8. The molecule has 1 atom stereocenters. The van der Waals surface area contributed by atoms with Crippen LogP contribution in [-0.4, -0.2) is 28.0 Å². The summed E-state index contributed by atoms with van der Waals surface area (Å²) >= 11 is 1.49. The molecule has 3 aromatic rings. The number of aryl methyl sites for hydroxylation is 2. The van der Waals surface area contributed by atoms with Crippen LogP contribution in [-0.2, 0) is 11.3 Å². The van der Waals surface area contributed by atoms with Gasteiger partial charge < -0.3 is 15.3 Å². The first-order valence-corrected chi connectivity index (χ1v) is 10.2. The molecule has 1 heterocycles. The van der Waals surface area contributed by atoms with E-state index in [0.717, 1.165) is 16.1 Å². The number of aromatic nitrogens is 1. The number of halogens is 1. The van der Waals surface area contributed by atoms with Crippen molar-refractivity contribution in [1.82, 2.24) is 10.3 Å². The summed E-state index contributed by atoms with van der Waals surface area (Å²) in [6.45, 7) is 5.65. The SMILES string of the molecule is Cc1nc(N(Cc2ccc(C(=O)NC(C)C(=O)O)cc2)c2ccccc2F)sc1C. The average Bonchev–Trinajstić information content (AvgIpc) is 3.05. The predicted molar refractivity (Wildman–Crippen MR) is 115 cm³/mol. The van der Waals surface area contributed by atoms with Crippen LogP contribution in [0.2, 0.25) is 0 Å². The van der Waals surface area contributed by atoms with Crippen LogP contribution < -0.4 is 10.2 Å². The quantitative estimate of drug-likeness (QED) is 0.583. The topological polar surface area (TPSA) is 82.5 Å². The van der Waals surface area contributed by atoms with Crippen molar-refractivity contribution in [2.45, 2.75) is 33.4 Å². The minimum Gasteiger partial charge on any atom is -0.480 e. The van der Waals surface area contributed by atoms with Crippen LogP contribution in [0.5, 0.6) is 0 Å². The molecule has 0 spiro atoms. The van der Waals surface area contributed by atoms with Crippen molar-refractivity contribution < 1.29 is 19.1 Å². The Bertz CT molecular complexity index is 1050. The van der Waals surface area contributed by atoms with E-state index < -0.39 is 17.9 Å². The summed E-state index contributed by atoms with van der Waals surface area (Å²) in [6, 6.07) is 12.3. The molecule has 2 N–H and O–H groups in total. The molecule has 0 saturated carbocycles. The van der Waals surface area contributed by atoms with Gasteiger partial charge in [-0.1, -0.05) is 24.3 Å². The van der Waals surface area contributed by atoms with Crippen molar-refractivity contribution in [1.29, 1.82) is 0 Å². The first kappa shape index (κ1) is 21.4. The van der Waals surface area contributed by atoms with Crippen molar-refractivity contribution in [2.75, 3.05) is 4.90 Å². The molecule has 2 aromatic carbocycles. The summed E-state index contributed by atoms with van der Waals surface area (Å²) in [5.41, 5.74) is 2.52. The molecule has 30 heavy (non-hydrogen) atoms. The van der Waals surface area contributed by atoms with Crippen molar-refractivity contribution in [3.05, 3.63) is 76.0 Å². The normalized spacial score (nSPS) is 11.7. The molecule has 6 nitrogen and oxygen atoms in total. The van der Waals surface area contributed by atoms with Gasteiger partial charge in [0.25, 0.3) is 5.91 Å². The number of para-hydroxylation sites is 1. The van der Waals surface area contributed by atoms with Gasteiger partial charge in [-0.2, -0.15) is 0 Å². The van der Waals surface area contributed by atoms with Crippen LogP contribution in [0.1, 0.15) is 33.4 Å². The maximum atomic E-state index is 14.5. The number of carboxylic acid groups (broad SMARTS) is 1. The highest BCUT2D eigenvalue weighted by molar-refractivity contribution is 7.15. The number of amides is 1. The Kier molecular flexibility index (Phi) is 6.47. The Morgan fingerprint density at radius 1 is 1.17 bits per heavy atom. The lowest BCUT2D eigenvalue weighted by atomic mass is 10.1. The van der Waals surface area contributed by atoms with Crippen molar-refractivity contribution in [2.24, 2.45) is 0 Å². The minimum atomic E-state index is -1.10. The molecule has 8 heteroatoms. The Hall–Kier alpha value is -3.26. The fourth-order valence-electron chi connectivity index (χ4n) is 2.78. The number of nitrogens with zero attached hydrogens (tertiary/aromatic N) is 2. The number of anilines is 2. The highest BCUT2D eigenvalue weighted by Gasteiger charge is 2.19. The number of benzene rings is 2. The Balaban J connectivity index is 1.85. The van der Waals surface area contributed by atoms with Gasteiger partial charge in [-0.25, -0.2) is 9.37 Å². The van der Waals surface area contributed by atoms with E-state index in [1.807, 2.05) is 18.7 Å². The molecule has 0 bridgehead atoms. The van der Waals surface area contributed by atoms with Crippen LogP contribution in [0.3, 0.4) is 0 Å². The van der Waals surface area contributed by atoms with Crippen molar-refractivity contribution in [3.8, 4) is 0 Å². The van der Waals surface area contributed by atoms with Gasteiger partial charge in [0.2, 0.25) is 0 Å². The smallest absolute Gasteiger partial charge is 0.325 e. The van der Waals surface area contributed by atoms with Gasteiger partial charge in [0.15, 0.2) is 5.13 Å². The minimum absolute atomic E-state index is 0.346. The molecule has 0 fully saturated rings. The molecule has 1 aromatic heterocycles. The molecule has 156 valence electrons. The van der Waals surface area contributed by atoms with E-state index in [1.54, 1.807) is 42.5 Å². The lowest BCUT2D eigenvalue weighted by Crippen LogP contribution is -2.38. The van der Waals surface area contributed by atoms with Crippen LogP contribution in [0.15, 0.2) is 48.5 Å². The highest BCUT2D eigenvalue weighted by Crippen LogP contribution is 2.34. The summed E-state index contributed by atoms with van der Waals surface area (Å²) in [4.78, 5) is 30.5. The number of aliphatic carboxylic acids is 1. The third kappa shape index (κ3) is 4.83. The molecule has 0 aliphatic carbocycles. The van der Waals surface area contributed by atoms with Crippen LogP contribution >= 0.6 is 11.3 Å². The second-order valence-electron chi connectivity index (χ2n) is 6.91. The van der Waals surface area contributed by atoms with Crippen molar-refractivity contribution >= 4 is 34.0 Å². The van der Waals surface area contributed by atoms with Crippen LogP contribution in [0.4, 0.5) is 15.2 Å². The molecule has 0 aliphatic heterocycles.